The van der Waals surface area contributed by atoms with E-state index in [9.17, 15) is 4.79 Å². The molecule has 0 bridgehead atoms. The second kappa shape index (κ2) is 5.06. The fourth-order valence-electron chi connectivity index (χ4n) is 1.53. The lowest BCUT2D eigenvalue weighted by molar-refractivity contribution is 0.0525. The first-order chi connectivity index (χ1) is 8.52. The third kappa shape index (κ3) is 2.38. The van der Waals surface area contributed by atoms with Crippen LogP contribution in [0.15, 0.2) is 16.7 Å². The van der Waals surface area contributed by atoms with Gasteiger partial charge in [0.15, 0.2) is 11.5 Å². The predicted octanol–water partition coefficient (Wildman–Crippen LogP) is 2.79. The van der Waals surface area contributed by atoms with Crippen LogP contribution in [-0.2, 0) is 4.74 Å². The first-order valence-corrected chi connectivity index (χ1v) is 6.55. The molecular formula is C12H14BrN3O2. The van der Waals surface area contributed by atoms with Gasteiger partial charge in [-0.25, -0.2) is 14.3 Å². The summed E-state index contributed by atoms with van der Waals surface area (Å²) >= 11 is 3.40. The quantitative estimate of drug-likeness (QED) is 0.818. The maximum atomic E-state index is 11.7. The molecule has 0 aromatic carbocycles. The molecule has 0 saturated heterocycles. The predicted molar refractivity (Wildman–Crippen MR) is 70.7 cm³/mol. The smallest absolute Gasteiger partial charge is 0.339 e. The van der Waals surface area contributed by atoms with Gasteiger partial charge >= 0.3 is 5.97 Å². The molecule has 0 saturated carbocycles. The van der Waals surface area contributed by atoms with Crippen molar-refractivity contribution < 1.29 is 9.53 Å². The first-order valence-electron chi connectivity index (χ1n) is 5.76. The number of fused-ring (bicyclic) bond motifs is 1. The lowest BCUT2D eigenvalue weighted by Gasteiger charge is -2.02. The summed E-state index contributed by atoms with van der Waals surface area (Å²) in [6.07, 6.45) is 1.64. The molecule has 0 aliphatic rings. The Bertz CT molecular complexity index is 592. The van der Waals surface area contributed by atoms with Crippen LogP contribution in [0, 0.1) is 0 Å². The van der Waals surface area contributed by atoms with Crippen molar-refractivity contribution in [1.82, 2.24) is 14.6 Å². The Labute approximate surface area is 113 Å². The molecular weight excluding hydrogens is 298 g/mol. The highest BCUT2D eigenvalue weighted by Gasteiger charge is 2.14. The lowest BCUT2D eigenvalue weighted by atomic mass is 10.2. The Morgan fingerprint density at radius 1 is 1.56 bits per heavy atom. The van der Waals surface area contributed by atoms with E-state index < -0.39 is 0 Å². The van der Waals surface area contributed by atoms with Crippen LogP contribution in [0.2, 0.25) is 0 Å². The molecule has 0 aliphatic carbocycles. The summed E-state index contributed by atoms with van der Waals surface area (Å²) in [5.74, 6) is 0.626. The molecule has 0 atom stereocenters. The van der Waals surface area contributed by atoms with Gasteiger partial charge in [0.05, 0.1) is 16.6 Å². The molecule has 2 aromatic heterocycles. The maximum Gasteiger partial charge on any atom is 0.339 e. The van der Waals surface area contributed by atoms with Crippen LogP contribution in [0.3, 0.4) is 0 Å². The van der Waals surface area contributed by atoms with E-state index in [-0.39, 0.29) is 11.9 Å². The lowest BCUT2D eigenvalue weighted by Crippen LogP contribution is -2.06. The van der Waals surface area contributed by atoms with Crippen LogP contribution in [-0.4, -0.2) is 27.2 Å². The fourth-order valence-corrected chi connectivity index (χ4v) is 2.05. The van der Waals surface area contributed by atoms with Crippen molar-refractivity contribution in [2.75, 3.05) is 6.61 Å². The molecule has 96 valence electrons. The Kier molecular flexibility index (Phi) is 3.65. The number of carbonyl (C=O) groups is 1. The highest BCUT2D eigenvalue weighted by Crippen LogP contribution is 2.21. The SMILES string of the molecule is CCOC(=O)c1cc(Br)c2nc(C(C)C)nn2c1. The normalized spacial score (nSPS) is 11.2. The summed E-state index contributed by atoms with van der Waals surface area (Å²) in [7, 11) is 0. The average molecular weight is 312 g/mol. The third-order valence-corrected chi connectivity index (χ3v) is 3.02. The molecule has 2 heterocycles. The van der Waals surface area contributed by atoms with E-state index in [4.69, 9.17) is 4.74 Å². The molecule has 0 unspecified atom stereocenters. The van der Waals surface area contributed by atoms with Crippen molar-refractivity contribution in [3.63, 3.8) is 0 Å². The van der Waals surface area contributed by atoms with E-state index in [1.165, 1.54) is 0 Å². The zero-order chi connectivity index (χ0) is 13.3. The molecule has 0 amide bonds. The highest BCUT2D eigenvalue weighted by atomic mass is 79.9. The average Bonchev–Trinajstić information content (AvgIpc) is 2.73. The maximum absolute atomic E-state index is 11.7. The molecule has 18 heavy (non-hydrogen) atoms. The molecule has 0 fully saturated rings. The van der Waals surface area contributed by atoms with E-state index in [0.717, 1.165) is 10.3 Å². The van der Waals surface area contributed by atoms with Gasteiger partial charge in [0.25, 0.3) is 0 Å². The van der Waals surface area contributed by atoms with Crippen LogP contribution in [0.4, 0.5) is 0 Å². The number of aromatic nitrogens is 3. The Balaban J connectivity index is 2.51. The fraction of sp³-hybridized carbons (Fsp3) is 0.417. The van der Waals surface area contributed by atoms with Crippen LogP contribution in [0.1, 0.15) is 42.9 Å². The second-order valence-electron chi connectivity index (χ2n) is 4.19. The molecule has 0 aliphatic heterocycles. The zero-order valence-corrected chi connectivity index (χ0v) is 12.1. The van der Waals surface area contributed by atoms with Gasteiger partial charge in [-0.2, -0.15) is 5.10 Å². The van der Waals surface area contributed by atoms with E-state index in [2.05, 4.69) is 26.0 Å². The van der Waals surface area contributed by atoms with Gasteiger partial charge in [-0.05, 0) is 28.9 Å². The van der Waals surface area contributed by atoms with E-state index >= 15 is 0 Å². The van der Waals surface area contributed by atoms with Gasteiger partial charge < -0.3 is 4.74 Å². The third-order valence-electron chi connectivity index (χ3n) is 2.43. The summed E-state index contributed by atoms with van der Waals surface area (Å²) in [6.45, 7) is 6.17. The minimum absolute atomic E-state index is 0.239. The number of rotatable bonds is 3. The Morgan fingerprint density at radius 3 is 2.89 bits per heavy atom. The van der Waals surface area contributed by atoms with E-state index in [0.29, 0.717) is 17.8 Å². The molecule has 0 N–H and O–H groups in total. The number of nitrogens with zero attached hydrogens (tertiary/aromatic N) is 3. The van der Waals surface area contributed by atoms with Crippen LogP contribution in [0.5, 0.6) is 0 Å². The van der Waals surface area contributed by atoms with E-state index in [1.807, 2.05) is 13.8 Å². The number of hydrogen-bond donors (Lipinski definition) is 0. The first kappa shape index (κ1) is 13.0. The van der Waals surface area contributed by atoms with Crippen molar-refractivity contribution >= 4 is 27.5 Å². The standard InChI is InChI=1S/C12H14BrN3O2/c1-4-18-12(17)8-5-9(13)11-14-10(7(2)3)15-16(11)6-8/h5-7H,4H2,1-3H3. The largest absolute Gasteiger partial charge is 0.462 e. The van der Waals surface area contributed by atoms with Crippen molar-refractivity contribution in [3.05, 3.63) is 28.1 Å². The van der Waals surface area contributed by atoms with Gasteiger partial charge in [0, 0.05) is 12.1 Å². The Hall–Kier alpha value is -1.43. The number of carbonyl (C=O) groups excluding carboxylic acids is 1. The second-order valence-corrected chi connectivity index (χ2v) is 5.04. The summed E-state index contributed by atoms with van der Waals surface area (Å²) in [6, 6.07) is 1.70. The van der Waals surface area contributed by atoms with Gasteiger partial charge in [-0.15, -0.1) is 0 Å². The number of pyridine rings is 1. The summed E-state index contributed by atoms with van der Waals surface area (Å²) < 4.78 is 7.30. The van der Waals surface area contributed by atoms with Crippen molar-refractivity contribution in [2.45, 2.75) is 26.7 Å². The highest BCUT2D eigenvalue weighted by molar-refractivity contribution is 9.10. The van der Waals surface area contributed by atoms with Crippen molar-refractivity contribution in [2.24, 2.45) is 0 Å². The van der Waals surface area contributed by atoms with Crippen molar-refractivity contribution in [1.29, 1.82) is 0 Å². The molecule has 6 heteroatoms. The minimum Gasteiger partial charge on any atom is -0.462 e. The number of esters is 1. The molecule has 0 spiro atoms. The summed E-state index contributed by atoms with van der Waals surface area (Å²) in [5.41, 5.74) is 1.16. The molecule has 2 rings (SSSR count). The zero-order valence-electron chi connectivity index (χ0n) is 10.5. The topological polar surface area (TPSA) is 56.5 Å². The van der Waals surface area contributed by atoms with Crippen LogP contribution in [0.25, 0.3) is 5.65 Å². The number of ether oxygens (including phenoxy) is 1. The van der Waals surface area contributed by atoms with Crippen LogP contribution < -0.4 is 0 Å². The summed E-state index contributed by atoms with van der Waals surface area (Å²) in [5, 5.41) is 4.34. The van der Waals surface area contributed by atoms with Gasteiger partial charge in [-0.1, -0.05) is 13.8 Å². The number of halogens is 1. The molecule has 0 radical (unpaired) electrons. The number of hydrogen-bond acceptors (Lipinski definition) is 4. The van der Waals surface area contributed by atoms with Gasteiger partial charge in [0.2, 0.25) is 0 Å². The molecule has 5 nitrogen and oxygen atoms in total. The minimum atomic E-state index is -0.360. The monoisotopic (exact) mass is 311 g/mol. The van der Waals surface area contributed by atoms with E-state index in [1.54, 1.807) is 23.7 Å². The van der Waals surface area contributed by atoms with Crippen LogP contribution >= 0.6 is 15.9 Å². The summed E-state index contributed by atoms with van der Waals surface area (Å²) in [4.78, 5) is 16.1. The van der Waals surface area contributed by atoms with Gasteiger partial charge in [-0.3, -0.25) is 0 Å². The Morgan fingerprint density at radius 2 is 2.28 bits per heavy atom. The molecule has 2 aromatic rings. The van der Waals surface area contributed by atoms with Gasteiger partial charge in [0.1, 0.15) is 0 Å². The van der Waals surface area contributed by atoms with Crippen molar-refractivity contribution in [3.8, 4) is 0 Å².